The van der Waals surface area contributed by atoms with Crippen molar-refractivity contribution in [3.8, 4) is 0 Å². The van der Waals surface area contributed by atoms with Gasteiger partial charge in [-0.3, -0.25) is 9.78 Å². The molecule has 0 fully saturated rings. The molecule has 0 spiro atoms. The first kappa shape index (κ1) is 17.5. The van der Waals surface area contributed by atoms with Crippen LogP contribution in [0, 0.1) is 11.6 Å². The van der Waals surface area contributed by atoms with Crippen LogP contribution in [0.3, 0.4) is 0 Å². The largest absolute Gasteiger partial charge is 0.449 e. The number of hydrogen-bond donors (Lipinski definition) is 1. The first-order valence-electron chi connectivity index (χ1n) is 7.77. The first-order chi connectivity index (χ1) is 12.5. The van der Waals surface area contributed by atoms with Gasteiger partial charge in [0.2, 0.25) is 0 Å². The average molecular weight is 356 g/mol. The van der Waals surface area contributed by atoms with Crippen LogP contribution < -0.4 is 5.32 Å². The number of hydrogen-bond acceptors (Lipinski definition) is 4. The third-order valence-corrected chi connectivity index (χ3v) is 3.73. The Balaban J connectivity index is 1.75. The number of carbonyl (C=O) groups excluding carboxylic acids is 2. The van der Waals surface area contributed by atoms with Gasteiger partial charge in [0.05, 0.1) is 11.1 Å². The van der Waals surface area contributed by atoms with Crippen molar-refractivity contribution in [1.82, 2.24) is 4.98 Å². The molecule has 0 aliphatic heterocycles. The lowest BCUT2D eigenvalue weighted by Gasteiger charge is -2.15. The van der Waals surface area contributed by atoms with Crippen molar-refractivity contribution in [2.45, 2.75) is 13.0 Å². The molecule has 0 saturated heterocycles. The van der Waals surface area contributed by atoms with Crippen LogP contribution in [-0.2, 0) is 9.53 Å². The SMILES string of the molecule is CC(OC(=O)c1cccc2ncccc12)C(=O)Nc1c(F)cccc1F. The number of carbonyl (C=O) groups is 2. The van der Waals surface area contributed by atoms with Crippen LogP contribution >= 0.6 is 0 Å². The van der Waals surface area contributed by atoms with E-state index < -0.39 is 35.3 Å². The topological polar surface area (TPSA) is 68.3 Å². The smallest absolute Gasteiger partial charge is 0.339 e. The zero-order valence-corrected chi connectivity index (χ0v) is 13.7. The Hall–Kier alpha value is -3.35. The summed E-state index contributed by atoms with van der Waals surface area (Å²) in [5.41, 5.74) is 0.259. The van der Waals surface area contributed by atoms with Gasteiger partial charge in [-0.15, -0.1) is 0 Å². The maximum Gasteiger partial charge on any atom is 0.339 e. The van der Waals surface area contributed by atoms with Gasteiger partial charge >= 0.3 is 5.97 Å². The number of esters is 1. The van der Waals surface area contributed by atoms with E-state index in [2.05, 4.69) is 10.3 Å². The molecule has 1 unspecified atom stereocenters. The molecule has 3 rings (SSSR count). The van der Waals surface area contributed by atoms with Crippen LogP contribution in [0.15, 0.2) is 54.7 Å². The number of amides is 1. The van der Waals surface area contributed by atoms with E-state index >= 15 is 0 Å². The van der Waals surface area contributed by atoms with Crippen LogP contribution in [0.4, 0.5) is 14.5 Å². The predicted octanol–water partition coefficient (Wildman–Crippen LogP) is 3.70. The normalized spacial score (nSPS) is 11.8. The monoisotopic (exact) mass is 356 g/mol. The summed E-state index contributed by atoms with van der Waals surface area (Å²) < 4.78 is 32.3. The highest BCUT2D eigenvalue weighted by Crippen LogP contribution is 2.20. The van der Waals surface area contributed by atoms with Gasteiger partial charge in [0.25, 0.3) is 5.91 Å². The molecule has 26 heavy (non-hydrogen) atoms. The fraction of sp³-hybridized carbons (Fsp3) is 0.105. The lowest BCUT2D eigenvalue weighted by Crippen LogP contribution is -2.30. The van der Waals surface area contributed by atoms with Gasteiger partial charge < -0.3 is 10.1 Å². The minimum absolute atomic E-state index is 0.243. The number of pyridine rings is 1. The highest BCUT2D eigenvalue weighted by molar-refractivity contribution is 6.04. The highest BCUT2D eigenvalue weighted by atomic mass is 19.1. The zero-order valence-electron chi connectivity index (χ0n) is 13.7. The number of ether oxygens (including phenoxy) is 1. The quantitative estimate of drug-likeness (QED) is 0.724. The number of nitrogens with zero attached hydrogens (tertiary/aromatic N) is 1. The van der Waals surface area contributed by atoms with E-state index in [-0.39, 0.29) is 5.56 Å². The van der Waals surface area contributed by atoms with E-state index in [1.165, 1.54) is 13.0 Å². The van der Waals surface area contributed by atoms with Gasteiger partial charge in [0.1, 0.15) is 17.3 Å². The number of para-hydroxylation sites is 1. The number of rotatable bonds is 4. The van der Waals surface area contributed by atoms with Crippen molar-refractivity contribution in [1.29, 1.82) is 0 Å². The third-order valence-electron chi connectivity index (χ3n) is 3.73. The van der Waals surface area contributed by atoms with Gasteiger partial charge in [-0.05, 0) is 37.3 Å². The molecular weight excluding hydrogens is 342 g/mol. The molecule has 0 aliphatic rings. The average Bonchev–Trinajstić information content (AvgIpc) is 2.64. The van der Waals surface area contributed by atoms with Gasteiger partial charge in [-0.25, -0.2) is 13.6 Å². The van der Waals surface area contributed by atoms with Gasteiger partial charge in [-0.2, -0.15) is 0 Å². The maximum absolute atomic E-state index is 13.6. The lowest BCUT2D eigenvalue weighted by molar-refractivity contribution is -0.123. The van der Waals surface area contributed by atoms with E-state index in [4.69, 9.17) is 4.74 Å². The van der Waals surface area contributed by atoms with Gasteiger partial charge in [-0.1, -0.05) is 18.2 Å². The highest BCUT2D eigenvalue weighted by Gasteiger charge is 2.22. The fourth-order valence-corrected chi connectivity index (χ4v) is 2.40. The van der Waals surface area contributed by atoms with Gasteiger partial charge in [0.15, 0.2) is 6.10 Å². The second-order valence-electron chi connectivity index (χ2n) is 5.51. The Kier molecular flexibility index (Phi) is 4.88. The molecule has 3 aromatic rings. The summed E-state index contributed by atoms with van der Waals surface area (Å²) >= 11 is 0. The molecular formula is C19H14F2N2O3. The maximum atomic E-state index is 13.6. The van der Waals surface area contributed by atoms with E-state index in [0.29, 0.717) is 10.9 Å². The number of benzene rings is 2. The summed E-state index contributed by atoms with van der Waals surface area (Å²) in [6.45, 7) is 1.31. The number of nitrogens with one attached hydrogen (secondary N) is 1. The summed E-state index contributed by atoms with van der Waals surface area (Å²) in [4.78, 5) is 28.6. The molecule has 1 amide bonds. The summed E-state index contributed by atoms with van der Waals surface area (Å²) in [6.07, 6.45) is 0.338. The van der Waals surface area contributed by atoms with E-state index in [1.54, 1.807) is 36.5 Å². The lowest BCUT2D eigenvalue weighted by atomic mass is 10.1. The minimum Gasteiger partial charge on any atom is -0.449 e. The number of anilines is 1. The minimum atomic E-state index is -1.26. The Labute approximate surface area is 147 Å². The summed E-state index contributed by atoms with van der Waals surface area (Å²) in [5, 5.41) is 2.67. The van der Waals surface area contributed by atoms with Crippen molar-refractivity contribution in [3.63, 3.8) is 0 Å². The van der Waals surface area contributed by atoms with E-state index in [0.717, 1.165) is 12.1 Å². The Morgan fingerprint density at radius 3 is 2.46 bits per heavy atom. The molecule has 0 aliphatic carbocycles. The molecule has 1 heterocycles. The molecule has 1 N–H and O–H groups in total. The molecule has 132 valence electrons. The van der Waals surface area contributed by atoms with Crippen molar-refractivity contribution in [2.24, 2.45) is 0 Å². The molecule has 1 atom stereocenters. The molecule has 7 heteroatoms. The van der Waals surface area contributed by atoms with Crippen LogP contribution in [0.1, 0.15) is 17.3 Å². The third kappa shape index (κ3) is 3.51. The second kappa shape index (κ2) is 7.26. The molecule has 5 nitrogen and oxygen atoms in total. The summed E-state index contributed by atoms with van der Waals surface area (Å²) in [6, 6.07) is 11.5. The standard InChI is InChI=1S/C19H14F2N2O3/c1-11(18(24)23-17-14(20)7-3-8-15(17)21)26-19(25)13-5-2-9-16-12(13)6-4-10-22-16/h2-11H,1H3,(H,23,24). The van der Waals surface area contributed by atoms with Crippen LogP contribution in [0.2, 0.25) is 0 Å². The number of aromatic nitrogens is 1. The van der Waals surface area contributed by atoms with Crippen molar-refractivity contribution < 1.29 is 23.1 Å². The molecule has 1 aromatic heterocycles. The van der Waals surface area contributed by atoms with Crippen molar-refractivity contribution in [3.05, 3.63) is 71.9 Å². The van der Waals surface area contributed by atoms with Crippen LogP contribution in [0.25, 0.3) is 10.9 Å². The Bertz CT molecular complexity index is 966. The predicted molar refractivity (Wildman–Crippen MR) is 91.6 cm³/mol. The molecule has 2 aromatic carbocycles. The number of halogens is 2. The Morgan fingerprint density at radius 1 is 1.04 bits per heavy atom. The van der Waals surface area contributed by atoms with Crippen molar-refractivity contribution >= 4 is 28.5 Å². The zero-order chi connectivity index (χ0) is 18.7. The molecule has 0 bridgehead atoms. The van der Waals surface area contributed by atoms with Gasteiger partial charge in [0, 0.05) is 11.6 Å². The Morgan fingerprint density at radius 2 is 1.73 bits per heavy atom. The summed E-state index contributed by atoms with van der Waals surface area (Å²) in [5.74, 6) is -3.42. The fourth-order valence-electron chi connectivity index (χ4n) is 2.40. The molecule has 0 saturated carbocycles. The van der Waals surface area contributed by atoms with Crippen molar-refractivity contribution in [2.75, 3.05) is 5.32 Å². The molecule has 0 radical (unpaired) electrons. The van der Waals surface area contributed by atoms with E-state index in [9.17, 15) is 18.4 Å². The number of fused-ring (bicyclic) bond motifs is 1. The summed E-state index contributed by atoms with van der Waals surface area (Å²) in [7, 11) is 0. The second-order valence-corrected chi connectivity index (χ2v) is 5.51. The van der Waals surface area contributed by atoms with Crippen LogP contribution in [-0.4, -0.2) is 23.0 Å². The van der Waals surface area contributed by atoms with E-state index in [1.807, 2.05) is 0 Å². The van der Waals surface area contributed by atoms with Crippen LogP contribution in [0.5, 0.6) is 0 Å². The first-order valence-corrected chi connectivity index (χ1v) is 7.77.